The molecule has 0 aliphatic heterocycles. The molecule has 0 unspecified atom stereocenters. The van der Waals surface area contributed by atoms with Gasteiger partial charge in [0.2, 0.25) is 0 Å². The number of rotatable bonds is 1. The summed E-state index contributed by atoms with van der Waals surface area (Å²) in [6.45, 7) is 1.91. The fraction of sp³-hybridized carbons (Fsp3) is 0.182. The van der Waals surface area contributed by atoms with Gasteiger partial charge in [0, 0.05) is 12.6 Å². The van der Waals surface area contributed by atoms with Gasteiger partial charge in [-0.2, -0.15) is 5.10 Å². The van der Waals surface area contributed by atoms with Gasteiger partial charge in [0.25, 0.3) is 0 Å². The van der Waals surface area contributed by atoms with Gasteiger partial charge in [0.05, 0.1) is 16.4 Å². The lowest BCUT2D eigenvalue weighted by Gasteiger charge is -2.02. The molecule has 0 saturated carbocycles. The topological polar surface area (TPSA) is 17.8 Å². The monoisotopic (exact) mass is 224 g/mol. The van der Waals surface area contributed by atoms with Crippen molar-refractivity contribution in [3.05, 3.63) is 40.8 Å². The number of aromatic nitrogens is 2. The molecule has 2 nitrogen and oxygen atoms in total. The Morgan fingerprint density at radius 1 is 1.33 bits per heavy atom. The van der Waals surface area contributed by atoms with Gasteiger partial charge in [0.15, 0.2) is 0 Å². The van der Waals surface area contributed by atoms with Gasteiger partial charge >= 0.3 is 0 Å². The van der Waals surface area contributed by atoms with E-state index in [1.54, 1.807) is 16.8 Å². The third-order valence-corrected chi connectivity index (χ3v) is 2.51. The minimum Gasteiger partial charge on any atom is -0.268 e. The minimum absolute atomic E-state index is 0.131. The molecule has 1 heterocycles. The Labute approximate surface area is 92.3 Å². The Morgan fingerprint density at radius 3 is 2.60 bits per heavy atom. The predicted molar refractivity (Wildman–Crippen MR) is 58.3 cm³/mol. The summed E-state index contributed by atoms with van der Waals surface area (Å²) in [5.41, 5.74) is 2.71. The van der Waals surface area contributed by atoms with Crippen LogP contribution in [0.1, 0.15) is 5.69 Å². The summed E-state index contributed by atoms with van der Waals surface area (Å²) in [5, 5.41) is 4.35. The normalized spacial score (nSPS) is 10.7. The van der Waals surface area contributed by atoms with E-state index in [1.165, 1.54) is 6.07 Å². The van der Waals surface area contributed by atoms with Crippen molar-refractivity contribution in [2.45, 2.75) is 6.92 Å². The molecule has 78 valence electrons. The number of hydrogen-bond donors (Lipinski definition) is 0. The molecule has 0 amide bonds. The molecule has 1 aromatic carbocycles. The van der Waals surface area contributed by atoms with E-state index in [2.05, 4.69) is 5.10 Å². The molecule has 4 heteroatoms. The van der Waals surface area contributed by atoms with E-state index in [0.717, 1.165) is 17.0 Å². The molecule has 0 atom stereocenters. The summed E-state index contributed by atoms with van der Waals surface area (Å²) >= 11 is 5.72. The van der Waals surface area contributed by atoms with Crippen LogP contribution in [0.3, 0.4) is 0 Å². The molecular formula is C11H10ClFN2. The summed E-state index contributed by atoms with van der Waals surface area (Å²) < 4.78 is 14.7. The van der Waals surface area contributed by atoms with Gasteiger partial charge in [-0.1, -0.05) is 11.6 Å². The van der Waals surface area contributed by atoms with Crippen LogP contribution < -0.4 is 0 Å². The third-order valence-electron chi connectivity index (χ3n) is 2.22. The van der Waals surface area contributed by atoms with Gasteiger partial charge in [-0.15, -0.1) is 0 Å². The van der Waals surface area contributed by atoms with E-state index in [9.17, 15) is 4.39 Å². The van der Waals surface area contributed by atoms with Crippen molar-refractivity contribution in [1.82, 2.24) is 9.78 Å². The van der Waals surface area contributed by atoms with Crippen LogP contribution in [-0.2, 0) is 7.05 Å². The summed E-state index contributed by atoms with van der Waals surface area (Å²) in [6.07, 6.45) is 0. The van der Waals surface area contributed by atoms with Crippen LogP contribution in [0.5, 0.6) is 0 Å². The van der Waals surface area contributed by atoms with Crippen LogP contribution in [0, 0.1) is 12.7 Å². The number of benzene rings is 1. The maximum atomic E-state index is 13.0. The standard InChI is InChI=1S/C11H10ClFN2/c1-7-5-11(15(2)14-7)8-3-4-10(13)9(12)6-8/h3-6H,1-2H3. The molecule has 0 bridgehead atoms. The Kier molecular flexibility index (Phi) is 2.49. The maximum absolute atomic E-state index is 13.0. The van der Waals surface area contributed by atoms with Crippen molar-refractivity contribution in [3.8, 4) is 11.3 Å². The average Bonchev–Trinajstić information content (AvgIpc) is 2.50. The van der Waals surface area contributed by atoms with Crippen molar-refractivity contribution in [1.29, 1.82) is 0 Å². The van der Waals surface area contributed by atoms with E-state index < -0.39 is 5.82 Å². The summed E-state index contributed by atoms with van der Waals surface area (Å²) in [5.74, 6) is -0.403. The SMILES string of the molecule is Cc1cc(-c2ccc(F)c(Cl)c2)n(C)n1. The van der Waals surface area contributed by atoms with E-state index in [0.29, 0.717) is 0 Å². The second kappa shape index (κ2) is 3.66. The molecule has 0 radical (unpaired) electrons. The fourth-order valence-corrected chi connectivity index (χ4v) is 1.72. The second-order valence-corrected chi connectivity index (χ2v) is 3.83. The largest absolute Gasteiger partial charge is 0.268 e. The van der Waals surface area contributed by atoms with E-state index >= 15 is 0 Å². The average molecular weight is 225 g/mol. The van der Waals surface area contributed by atoms with Crippen molar-refractivity contribution in [2.24, 2.45) is 7.05 Å². The molecule has 0 fully saturated rings. The fourth-order valence-electron chi connectivity index (χ4n) is 1.54. The van der Waals surface area contributed by atoms with Crippen molar-refractivity contribution >= 4 is 11.6 Å². The van der Waals surface area contributed by atoms with E-state index in [-0.39, 0.29) is 5.02 Å². The zero-order valence-electron chi connectivity index (χ0n) is 8.46. The number of hydrogen-bond acceptors (Lipinski definition) is 1. The van der Waals surface area contributed by atoms with Gasteiger partial charge in [-0.05, 0) is 31.2 Å². The molecule has 0 aliphatic carbocycles. The highest BCUT2D eigenvalue weighted by Gasteiger charge is 2.07. The second-order valence-electron chi connectivity index (χ2n) is 3.42. The van der Waals surface area contributed by atoms with Crippen LogP contribution in [-0.4, -0.2) is 9.78 Å². The molecular weight excluding hydrogens is 215 g/mol. The first kappa shape index (κ1) is 10.2. The zero-order chi connectivity index (χ0) is 11.0. The van der Waals surface area contributed by atoms with Crippen LogP contribution in [0.15, 0.2) is 24.3 Å². The molecule has 15 heavy (non-hydrogen) atoms. The lowest BCUT2D eigenvalue weighted by molar-refractivity contribution is 0.628. The van der Waals surface area contributed by atoms with Crippen molar-refractivity contribution in [2.75, 3.05) is 0 Å². The van der Waals surface area contributed by atoms with Gasteiger partial charge in [0.1, 0.15) is 5.82 Å². The molecule has 0 spiro atoms. The van der Waals surface area contributed by atoms with E-state index in [4.69, 9.17) is 11.6 Å². The first-order valence-electron chi connectivity index (χ1n) is 4.54. The summed E-state index contributed by atoms with van der Waals surface area (Å²) in [7, 11) is 1.85. The van der Waals surface area contributed by atoms with Crippen LogP contribution in [0.4, 0.5) is 4.39 Å². The Hall–Kier alpha value is -1.35. The van der Waals surface area contributed by atoms with Crippen LogP contribution in [0.2, 0.25) is 5.02 Å². The van der Waals surface area contributed by atoms with Crippen molar-refractivity contribution in [3.63, 3.8) is 0 Å². The molecule has 2 aromatic rings. The quantitative estimate of drug-likeness (QED) is 0.728. The lowest BCUT2D eigenvalue weighted by atomic mass is 10.1. The number of aryl methyl sites for hydroxylation is 2. The van der Waals surface area contributed by atoms with Gasteiger partial charge in [-0.3, -0.25) is 4.68 Å². The Morgan fingerprint density at radius 2 is 2.07 bits per heavy atom. The minimum atomic E-state index is -0.403. The smallest absolute Gasteiger partial charge is 0.141 e. The highest BCUT2D eigenvalue weighted by Crippen LogP contribution is 2.24. The molecule has 1 aromatic heterocycles. The zero-order valence-corrected chi connectivity index (χ0v) is 9.22. The summed E-state index contributed by atoms with van der Waals surface area (Å²) in [4.78, 5) is 0. The Bertz CT molecular complexity index is 505. The lowest BCUT2D eigenvalue weighted by Crippen LogP contribution is -1.93. The van der Waals surface area contributed by atoms with Gasteiger partial charge in [-0.25, -0.2) is 4.39 Å². The van der Waals surface area contributed by atoms with Crippen molar-refractivity contribution < 1.29 is 4.39 Å². The highest BCUT2D eigenvalue weighted by molar-refractivity contribution is 6.31. The van der Waals surface area contributed by atoms with Crippen LogP contribution >= 0.6 is 11.6 Å². The first-order valence-corrected chi connectivity index (χ1v) is 4.92. The number of halogens is 2. The molecule has 0 saturated heterocycles. The summed E-state index contributed by atoms with van der Waals surface area (Å²) in [6, 6.07) is 6.59. The molecule has 0 aliphatic rings. The maximum Gasteiger partial charge on any atom is 0.141 e. The van der Waals surface area contributed by atoms with Crippen LogP contribution in [0.25, 0.3) is 11.3 Å². The Balaban J connectivity index is 2.54. The predicted octanol–water partition coefficient (Wildman–Crippen LogP) is 3.19. The molecule has 0 N–H and O–H groups in total. The molecule has 2 rings (SSSR count). The third kappa shape index (κ3) is 1.88. The highest BCUT2D eigenvalue weighted by atomic mass is 35.5. The number of nitrogens with zero attached hydrogens (tertiary/aromatic N) is 2. The van der Waals surface area contributed by atoms with E-state index in [1.807, 2.05) is 20.0 Å². The first-order chi connectivity index (χ1) is 7.08. The van der Waals surface area contributed by atoms with Gasteiger partial charge < -0.3 is 0 Å².